The quantitative estimate of drug-likeness (QED) is 0.290. The van der Waals surface area contributed by atoms with Crippen LogP contribution in [0.1, 0.15) is 83.3 Å². The van der Waals surface area contributed by atoms with Gasteiger partial charge >= 0.3 is 0 Å². The molecule has 0 aliphatic carbocycles. The highest BCUT2D eigenvalue weighted by atomic mass is 79.9. The van der Waals surface area contributed by atoms with Crippen molar-refractivity contribution < 1.29 is 4.74 Å². The van der Waals surface area contributed by atoms with Gasteiger partial charge in [0.05, 0.1) is 6.61 Å². The second kappa shape index (κ2) is 11.1. The molecular weight excluding hydrogens is 348 g/mol. The molecule has 1 aromatic rings. The number of unbranched alkanes of at least 4 members (excludes halogenated alkanes) is 7. The first-order valence-corrected chi connectivity index (χ1v) is 10.4. The molecule has 2 heteroatoms. The summed E-state index contributed by atoms with van der Waals surface area (Å²) < 4.78 is 6.07. The van der Waals surface area contributed by atoms with Crippen molar-refractivity contribution >= 4 is 15.9 Å². The number of rotatable bonds is 11. The smallest absolute Gasteiger partial charge is 0.123 e. The van der Waals surface area contributed by atoms with Crippen LogP contribution in [0, 0.1) is 6.92 Å². The summed E-state index contributed by atoms with van der Waals surface area (Å²) in [6.07, 6.45) is 10.6. The first-order chi connectivity index (χ1) is 10.9. The minimum Gasteiger partial charge on any atom is -0.493 e. The minimum atomic E-state index is 0.135. The molecule has 1 nitrogen and oxygen atoms in total. The van der Waals surface area contributed by atoms with Crippen LogP contribution in [-0.2, 0) is 5.41 Å². The van der Waals surface area contributed by atoms with Crippen LogP contribution in [-0.4, -0.2) is 11.9 Å². The summed E-state index contributed by atoms with van der Waals surface area (Å²) in [5, 5.41) is 1.15. The van der Waals surface area contributed by atoms with Gasteiger partial charge in [-0.3, -0.25) is 0 Å². The van der Waals surface area contributed by atoms with Gasteiger partial charge in [-0.1, -0.05) is 92.9 Å². The fourth-order valence-electron chi connectivity index (χ4n) is 2.80. The van der Waals surface area contributed by atoms with E-state index in [4.69, 9.17) is 4.74 Å². The molecule has 0 bridgehead atoms. The molecule has 0 aliphatic rings. The van der Waals surface area contributed by atoms with Gasteiger partial charge in [0, 0.05) is 5.33 Å². The normalized spacial score (nSPS) is 11.7. The molecule has 0 radical (unpaired) electrons. The molecule has 0 atom stereocenters. The van der Waals surface area contributed by atoms with Crippen LogP contribution < -0.4 is 4.74 Å². The number of ether oxygens (including phenoxy) is 1. The van der Waals surface area contributed by atoms with Gasteiger partial charge in [-0.25, -0.2) is 0 Å². The second-order valence-electron chi connectivity index (χ2n) is 7.62. The van der Waals surface area contributed by atoms with Crippen molar-refractivity contribution in [3.63, 3.8) is 0 Å². The molecule has 0 aliphatic heterocycles. The fourth-order valence-corrected chi connectivity index (χ4v) is 3.19. The minimum absolute atomic E-state index is 0.135. The average Bonchev–Trinajstić information content (AvgIpc) is 2.49. The molecule has 1 rings (SSSR count). The molecule has 0 aromatic heterocycles. The third kappa shape index (κ3) is 8.79. The van der Waals surface area contributed by atoms with Crippen LogP contribution in [0.5, 0.6) is 5.75 Å². The molecule has 0 spiro atoms. The van der Waals surface area contributed by atoms with Crippen molar-refractivity contribution in [2.45, 2.75) is 84.5 Å². The van der Waals surface area contributed by atoms with Crippen LogP contribution in [0.3, 0.4) is 0 Å². The van der Waals surface area contributed by atoms with Crippen molar-refractivity contribution in [3.8, 4) is 5.75 Å². The topological polar surface area (TPSA) is 9.23 Å². The largest absolute Gasteiger partial charge is 0.493 e. The Hall–Kier alpha value is -0.500. The highest BCUT2D eigenvalue weighted by Gasteiger charge is 2.18. The number of benzene rings is 1. The Kier molecular flexibility index (Phi) is 9.94. The van der Waals surface area contributed by atoms with Gasteiger partial charge in [0.1, 0.15) is 5.75 Å². The summed E-state index contributed by atoms with van der Waals surface area (Å²) >= 11 is 3.49. The molecule has 0 saturated carbocycles. The Bertz CT molecular complexity index is 434. The lowest BCUT2D eigenvalue weighted by Gasteiger charge is -2.23. The van der Waals surface area contributed by atoms with E-state index in [1.807, 2.05) is 0 Å². The molecule has 0 amide bonds. The van der Waals surface area contributed by atoms with Crippen molar-refractivity contribution in [1.29, 1.82) is 0 Å². The number of hydrogen-bond donors (Lipinski definition) is 0. The Morgan fingerprint density at radius 2 is 1.43 bits per heavy atom. The van der Waals surface area contributed by atoms with Crippen molar-refractivity contribution in [2.24, 2.45) is 0 Å². The third-order valence-corrected chi connectivity index (χ3v) is 4.79. The van der Waals surface area contributed by atoms with E-state index >= 15 is 0 Å². The zero-order valence-corrected chi connectivity index (χ0v) is 17.2. The highest BCUT2D eigenvalue weighted by molar-refractivity contribution is 9.09. The van der Waals surface area contributed by atoms with Gasteiger partial charge in [-0.05, 0) is 36.8 Å². The van der Waals surface area contributed by atoms with E-state index in [9.17, 15) is 0 Å². The van der Waals surface area contributed by atoms with Gasteiger partial charge in [-0.15, -0.1) is 0 Å². The molecule has 0 heterocycles. The lowest BCUT2D eigenvalue weighted by atomic mass is 9.85. The van der Waals surface area contributed by atoms with Crippen LogP contribution in [0.2, 0.25) is 0 Å². The van der Waals surface area contributed by atoms with E-state index in [-0.39, 0.29) is 5.41 Å². The lowest BCUT2D eigenvalue weighted by Crippen LogP contribution is -2.14. The van der Waals surface area contributed by atoms with E-state index in [1.54, 1.807) is 0 Å². The Morgan fingerprint density at radius 3 is 2.00 bits per heavy atom. The highest BCUT2D eigenvalue weighted by Crippen LogP contribution is 2.32. The first kappa shape index (κ1) is 20.5. The zero-order valence-electron chi connectivity index (χ0n) is 15.6. The molecule has 0 fully saturated rings. The van der Waals surface area contributed by atoms with Gasteiger partial charge < -0.3 is 4.74 Å². The van der Waals surface area contributed by atoms with E-state index in [0.29, 0.717) is 0 Å². The number of alkyl halides is 1. The molecule has 23 heavy (non-hydrogen) atoms. The molecule has 0 unspecified atom stereocenters. The molecular formula is C21H35BrO. The SMILES string of the molecule is Cc1ccc(OCCCCCCCCCCBr)c(C(C)(C)C)c1. The number of halogens is 1. The summed E-state index contributed by atoms with van der Waals surface area (Å²) in [5.74, 6) is 1.07. The van der Waals surface area contributed by atoms with Gasteiger partial charge in [0.25, 0.3) is 0 Å². The van der Waals surface area contributed by atoms with Gasteiger partial charge in [-0.2, -0.15) is 0 Å². The van der Waals surface area contributed by atoms with Crippen LogP contribution in [0.15, 0.2) is 18.2 Å². The maximum absolute atomic E-state index is 6.07. The average molecular weight is 383 g/mol. The second-order valence-corrected chi connectivity index (χ2v) is 8.41. The predicted molar refractivity (Wildman–Crippen MR) is 106 cm³/mol. The maximum atomic E-state index is 6.07. The predicted octanol–water partition coefficient (Wildman–Crippen LogP) is 7.19. The molecule has 132 valence electrons. The molecule has 0 N–H and O–H groups in total. The van der Waals surface area contributed by atoms with E-state index in [0.717, 1.165) is 17.7 Å². The van der Waals surface area contributed by atoms with E-state index in [1.165, 1.54) is 62.5 Å². The lowest BCUT2D eigenvalue weighted by molar-refractivity contribution is 0.296. The van der Waals surface area contributed by atoms with Crippen molar-refractivity contribution in [3.05, 3.63) is 29.3 Å². The Balaban J connectivity index is 2.21. The van der Waals surface area contributed by atoms with E-state index in [2.05, 4.69) is 61.8 Å². The van der Waals surface area contributed by atoms with Crippen LogP contribution in [0.25, 0.3) is 0 Å². The summed E-state index contributed by atoms with van der Waals surface area (Å²) in [6, 6.07) is 6.56. The number of aryl methyl sites for hydroxylation is 1. The molecule has 0 saturated heterocycles. The summed E-state index contributed by atoms with van der Waals surface area (Å²) in [4.78, 5) is 0. The number of hydrogen-bond acceptors (Lipinski definition) is 1. The fraction of sp³-hybridized carbons (Fsp3) is 0.714. The van der Waals surface area contributed by atoms with Crippen LogP contribution >= 0.6 is 15.9 Å². The first-order valence-electron chi connectivity index (χ1n) is 9.25. The molecule has 1 aromatic carbocycles. The zero-order chi connectivity index (χ0) is 17.1. The summed E-state index contributed by atoms with van der Waals surface area (Å²) in [5.41, 5.74) is 2.77. The summed E-state index contributed by atoms with van der Waals surface area (Å²) in [7, 11) is 0. The Labute approximate surface area is 152 Å². The van der Waals surface area contributed by atoms with Crippen molar-refractivity contribution in [2.75, 3.05) is 11.9 Å². The maximum Gasteiger partial charge on any atom is 0.123 e. The standard InChI is InChI=1S/C21H35BrO/c1-18-13-14-20(19(17-18)21(2,3)4)23-16-12-10-8-6-5-7-9-11-15-22/h13-14,17H,5-12,15-16H2,1-4H3. The van der Waals surface area contributed by atoms with Gasteiger partial charge in [0.2, 0.25) is 0 Å². The Morgan fingerprint density at radius 1 is 0.870 bits per heavy atom. The van der Waals surface area contributed by atoms with E-state index < -0.39 is 0 Å². The summed E-state index contributed by atoms with van der Waals surface area (Å²) in [6.45, 7) is 9.76. The monoisotopic (exact) mass is 382 g/mol. The van der Waals surface area contributed by atoms with Gasteiger partial charge in [0.15, 0.2) is 0 Å². The van der Waals surface area contributed by atoms with Crippen molar-refractivity contribution in [1.82, 2.24) is 0 Å². The third-order valence-electron chi connectivity index (χ3n) is 4.23. The van der Waals surface area contributed by atoms with Crippen LogP contribution in [0.4, 0.5) is 0 Å².